The molecule has 33 heavy (non-hydrogen) atoms. The predicted molar refractivity (Wildman–Crippen MR) is 118 cm³/mol. The van der Waals surface area contributed by atoms with Crippen molar-refractivity contribution in [2.45, 2.75) is 37.0 Å². The molecule has 11 nitrogen and oxygen atoms in total. The highest BCUT2D eigenvalue weighted by molar-refractivity contribution is 6.19. The predicted octanol–water partition coefficient (Wildman–Crippen LogP) is 1.32. The second-order valence-corrected chi connectivity index (χ2v) is 7.97. The summed E-state index contributed by atoms with van der Waals surface area (Å²) in [6, 6.07) is 8.71. The summed E-state index contributed by atoms with van der Waals surface area (Å²) in [5.41, 5.74) is 0.700. The first-order chi connectivity index (χ1) is 16.0. The van der Waals surface area contributed by atoms with Crippen molar-refractivity contribution >= 4 is 34.5 Å². The van der Waals surface area contributed by atoms with Crippen molar-refractivity contribution < 1.29 is 29.2 Å². The van der Waals surface area contributed by atoms with E-state index in [1.54, 1.807) is 35.8 Å². The highest BCUT2D eigenvalue weighted by Gasteiger charge is 2.46. The Bertz CT molecular complexity index is 1080. The molecule has 12 heteroatoms. The van der Waals surface area contributed by atoms with Crippen LogP contribution in [0, 0.1) is 0 Å². The average Bonchev–Trinajstić information content (AvgIpc) is 3.38. The molecule has 3 N–H and O–H groups in total. The molecule has 1 aromatic carbocycles. The highest BCUT2D eigenvalue weighted by atomic mass is 35.5. The summed E-state index contributed by atoms with van der Waals surface area (Å²) in [6.07, 6.45) is -0.854. The molecule has 1 saturated heterocycles. The smallest absolute Gasteiger partial charge is 0.256 e. The molecule has 0 saturated carbocycles. The van der Waals surface area contributed by atoms with Gasteiger partial charge in [0, 0.05) is 5.56 Å². The minimum Gasteiger partial charge on any atom is -0.394 e. The maximum Gasteiger partial charge on any atom is 0.256 e. The number of aliphatic hydroxyl groups excluding tert-OH is 2. The molecule has 4 rings (SSSR count). The molecule has 5 atom stereocenters. The molecule has 0 bridgehead atoms. The van der Waals surface area contributed by atoms with Crippen molar-refractivity contribution in [3.05, 3.63) is 48.5 Å². The number of amides is 1. The first-order valence-electron chi connectivity index (χ1n) is 10.3. The van der Waals surface area contributed by atoms with E-state index >= 15 is 0 Å². The highest BCUT2D eigenvalue weighted by Crippen LogP contribution is 2.34. The molecule has 0 radical (unpaired) electrons. The van der Waals surface area contributed by atoms with Crippen LogP contribution in [0.2, 0.25) is 0 Å². The number of hydrogen-bond donors (Lipinski definition) is 3. The van der Waals surface area contributed by atoms with Crippen LogP contribution in [-0.2, 0) is 14.2 Å². The first-order valence-corrected chi connectivity index (χ1v) is 10.8. The van der Waals surface area contributed by atoms with Crippen LogP contribution in [0.1, 0.15) is 23.5 Å². The maximum absolute atomic E-state index is 12.6. The van der Waals surface area contributed by atoms with Gasteiger partial charge in [-0.25, -0.2) is 15.0 Å². The molecular formula is C21H24ClN5O6. The summed E-state index contributed by atoms with van der Waals surface area (Å²) in [5, 5.41) is 22.9. The molecular weight excluding hydrogens is 454 g/mol. The summed E-state index contributed by atoms with van der Waals surface area (Å²) >= 11 is 5.77. The zero-order chi connectivity index (χ0) is 23.4. The zero-order valence-corrected chi connectivity index (χ0v) is 18.5. The Morgan fingerprint density at radius 2 is 2.06 bits per heavy atom. The molecule has 1 fully saturated rings. The summed E-state index contributed by atoms with van der Waals surface area (Å²) in [6.45, 7) is 1.65. The maximum atomic E-state index is 12.6. The van der Waals surface area contributed by atoms with Gasteiger partial charge in [-0.3, -0.25) is 9.36 Å². The van der Waals surface area contributed by atoms with E-state index in [4.69, 9.17) is 25.8 Å². The Morgan fingerprint density at radius 3 is 2.79 bits per heavy atom. The number of nitrogens with one attached hydrogen (secondary N) is 1. The van der Waals surface area contributed by atoms with E-state index in [0.717, 1.165) is 0 Å². The number of aliphatic hydroxyl groups is 2. The van der Waals surface area contributed by atoms with E-state index in [0.29, 0.717) is 16.7 Å². The van der Waals surface area contributed by atoms with E-state index in [9.17, 15) is 15.0 Å². The minimum atomic E-state index is -1.09. The van der Waals surface area contributed by atoms with E-state index in [2.05, 4.69) is 20.3 Å². The topological polar surface area (TPSA) is 141 Å². The Hall–Kier alpha value is -2.67. The molecule has 0 aliphatic carbocycles. The summed E-state index contributed by atoms with van der Waals surface area (Å²) in [7, 11) is 0. The van der Waals surface area contributed by atoms with E-state index in [1.165, 1.54) is 12.7 Å². The molecule has 3 heterocycles. The number of hydrogen-bond acceptors (Lipinski definition) is 9. The number of nitrogens with zero attached hydrogens (tertiary/aromatic N) is 4. The second kappa shape index (κ2) is 10.5. The molecule has 176 valence electrons. The van der Waals surface area contributed by atoms with E-state index in [1.807, 2.05) is 6.07 Å². The van der Waals surface area contributed by atoms with Gasteiger partial charge in [0.05, 0.1) is 26.1 Å². The van der Waals surface area contributed by atoms with Crippen LogP contribution in [0.5, 0.6) is 0 Å². The largest absolute Gasteiger partial charge is 0.394 e. The Kier molecular flexibility index (Phi) is 7.48. The SMILES string of the molecule is CC(Cl)OCCO[C@@H]1[C@H](O)[C@@H](CO)O[C@H]1n1cnc2c(NC(=O)c3ccccc3)ncnc21. The van der Waals surface area contributed by atoms with E-state index < -0.39 is 36.7 Å². The van der Waals surface area contributed by atoms with Crippen LogP contribution in [-0.4, -0.2) is 79.3 Å². The fourth-order valence-electron chi connectivity index (χ4n) is 3.57. The fourth-order valence-corrected chi connectivity index (χ4v) is 3.66. The quantitative estimate of drug-likeness (QED) is 0.307. The van der Waals surface area contributed by atoms with Gasteiger partial charge in [-0.05, 0) is 19.1 Å². The number of rotatable bonds is 9. The molecule has 2 aromatic heterocycles. The van der Waals surface area contributed by atoms with Gasteiger partial charge < -0.3 is 29.7 Å². The van der Waals surface area contributed by atoms with Gasteiger partial charge in [-0.1, -0.05) is 29.8 Å². The molecule has 1 aliphatic rings. The molecule has 1 amide bonds. The van der Waals surface area contributed by atoms with Gasteiger partial charge in [0.1, 0.15) is 30.2 Å². The van der Waals surface area contributed by atoms with Crippen molar-refractivity contribution in [3.63, 3.8) is 0 Å². The Balaban J connectivity index is 1.57. The first kappa shape index (κ1) is 23.5. The van der Waals surface area contributed by atoms with Crippen molar-refractivity contribution in [2.75, 3.05) is 25.1 Å². The van der Waals surface area contributed by atoms with Crippen molar-refractivity contribution in [1.29, 1.82) is 0 Å². The minimum absolute atomic E-state index is 0.150. The van der Waals surface area contributed by atoms with Gasteiger partial charge >= 0.3 is 0 Å². The van der Waals surface area contributed by atoms with Gasteiger partial charge in [-0.15, -0.1) is 0 Å². The van der Waals surface area contributed by atoms with Gasteiger partial charge in [-0.2, -0.15) is 0 Å². The fraction of sp³-hybridized carbons (Fsp3) is 0.429. The number of alkyl halides is 1. The number of benzene rings is 1. The number of aromatic nitrogens is 4. The van der Waals surface area contributed by atoms with Crippen molar-refractivity contribution in [3.8, 4) is 0 Å². The Labute approximate surface area is 194 Å². The molecule has 1 unspecified atom stereocenters. The third kappa shape index (κ3) is 5.13. The number of imidazole rings is 1. The van der Waals surface area contributed by atoms with Crippen molar-refractivity contribution in [2.24, 2.45) is 0 Å². The zero-order valence-electron chi connectivity index (χ0n) is 17.7. The Morgan fingerprint density at radius 1 is 1.27 bits per heavy atom. The molecule has 1 aliphatic heterocycles. The normalized spacial score (nSPS) is 23.6. The molecule has 3 aromatic rings. The van der Waals surface area contributed by atoms with Gasteiger partial charge in [0.15, 0.2) is 23.2 Å². The van der Waals surface area contributed by atoms with Crippen LogP contribution >= 0.6 is 11.6 Å². The summed E-state index contributed by atoms with van der Waals surface area (Å²) in [5.74, 6) is -0.111. The third-order valence-electron chi connectivity index (χ3n) is 5.13. The monoisotopic (exact) mass is 477 g/mol. The third-order valence-corrected chi connectivity index (χ3v) is 5.26. The average molecular weight is 478 g/mol. The van der Waals surface area contributed by atoms with Crippen molar-refractivity contribution in [1.82, 2.24) is 19.5 Å². The lowest BCUT2D eigenvalue weighted by Gasteiger charge is -2.22. The van der Waals surface area contributed by atoms with Crippen LogP contribution in [0.15, 0.2) is 43.0 Å². The van der Waals surface area contributed by atoms with Gasteiger partial charge in [0.25, 0.3) is 5.91 Å². The number of carbonyl (C=O) groups excluding carboxylic acids is 1. The molecule has 0 spiro atoms. The van der Waals surface area contributed by atoms with Crippen LogP contribution < -0.4 is 5.32 Å². The van der Waals surface area contributed by atoms with Crippen LogP contribution in [0.3, 0.4) is 0 Å². The number of anilines is 1. The lowest BCUT2D eigenvalue weighted by Crippen LogP contribution is -2.36. The second-order valence-electron chi connectivity index (χ2n) is 7.35. The van der Waals surface area contributed by atoms with Crippen LogP contribution in [0.4, 0.5) is 5.82 Å². The standard InChI is InChI=1S/C21H24ClN5O6/c1-12(22)31-7-8-32-17-16(29)14(9-28)33-21(17)27-11-25-15-18(23-10-24-19(15)27)26-20(30)13-5-3-2-4-6-13/h2-6,10-12,14,16-17,21,28-29H,7-9H2,1H3,(H,23,24,26,30)/t12?,14-,16-,17-,21-/m1/s1. The summed E-state index contributed by atoms with van der Waals surface area (Å²) < 4.78 is 18.5. The number of halogens is 1. The number of fused-ring (bicyclic) bond motifs is 1. The lowest BCUT2D eigenvalue weighted by molar-refractivity contribution is -0.0822. The lowest BCUT2D eigenvalue weighted by atomic mass is 10.1. The number of ether oxygens (including phenoxy) is 3. The number of carbonyl (C=O) groups is 1. The van der Waals surface area contributed by atoms with E-state index in [-0.39, 0.29) is 24.9 Å². The van der Waals surface area contributed by atoms with Gasteiger partial charge in [0.2, 0.25) is 0 Å². The summed E-state index contributed by atoms with van der Waals surface area (Å²) in [4.78, 5) is 25.3. The van der Waals surface area contributed by atoms with Crippen LogP contribution in [0.25, 0.3) is 11.2 Å².